The van der Waals surface area contributed by atoms with Gasteiger partial charge in [-0.25, -0.2) is 0 Å². The summed E-state index contributed by atoms with van der Waals surface area (Å²) in [5.41, 5.74) is 2.49. The molecule has 36 heavy (non-hydrogen) atoms. The Kier molecular flexibility index (Phi) is 8.64. The number of halogens is 3. The van der Waals surface area contributed by atoms with Crippen molar-refractivity contribution < 1.29 is 22.7 Å². The highest BCUT2D eigenvalue weighted by Gasteiger charge is 2.31. The van der Waals surface area contributed by atoms with Crippen LogP contribution in [-0.4, -0.2) is 85.1 Å². The van der Waals surface area contributed by atoms with Crippen LogP contribution in [0.2, 0.25) is 0 Å². The predicted molar refractivity (Wildman–Crippen MR) is 132 cm³/mol. The van der Waals surface area contributed by atoms with Crippen LogP contribution in [0.15, 0.2) is 36.4 Å². The van der Waals surface area contributed by atoms with Gasteiger partial charge in [-0.1, -0.05) is 18.2 Å². The third kappa shape index (κ3) is 6.63. The van der Waals surface area contributed by atoms with Gasteiger partial charge in [-0.15, -0.1) is 0 Å². The number of aryl methyl sites for hydroxylation is 1. The number of amides is 1. The number of carbonyl (C=O) groups is 1. The predicted octanol–water partition coefficient (Wildman–Crippen LogP) is 4.19. The highest BCUT2D eigenvalue weighted by molar-refractivity contribution is 5.95. The molecular weight excluding hydrogens is 469 g/mol. The number of hydrogen-bond acceptors (Lipinski definition) is 5. The molecule has 6 nitrogen and oxygen atoms in total. The number of benzene rings is 1. The van der Waals surface area contributed by atoms with E-state index < -0.39 is 11.7 Å². The number of pyridine rings is 1. The standard InChI is InChI=1S/C27H35F3N4O2/c1-20-6-7-24(26(35)34-14-12-32(13-15-34)16-17-36-2)25(31-20)22-8-10-33(11-9-22)19-21-4-3-5-23(18-21)27(28,29)30/h3-7,18,22H,8-17,19H2,1-2H3. The van der Waals surface area contributed by atoms with Crippen molar-refractivity contribution in [2.24, 2.45) is 0 Å². The molecule has 2 aliphatic rings. The molecule has 2 saturated heterocycles. The molecule has 2 aromatic rings. The van der Waals surface area contributed by atoms with Gasteiger partial charge in [0.2, 0.25) is 0 Å². The molecule has 0 bridgehead atoms. The van der Waals surface area contributed by atoms with E-state index in [1.807, 2.05) is 24.0 Å². The van der Waals surface area contributed by atoms with Crippen molar-refractivity contribution in [3.05, 3.63) is 64.5 Å². The van der Waals surface area contributed by atoms with E-state index in [1.165, 1.54) is 12.1 Å². The van der Waals surface area contributed by atoms with Crippen LogP contribution in [0.25, 0.3) is 0 Å². The van der Waals surface area contributed by atoms with E-state index in [0.717, 1.165) is 63.0 Å². The van der Waals surface area contributed by atoms with Crippen LogP contribution < -0.4 is 0 Å². The molecule has 9 heteroatoms. The largest absolute Gasteiger partial charge is 0.416 e. The van der Waals surface area contributed by atoms with E-state index in [1.54, 1.807) is 13.2 Å². The number of aromatic nitrogens is 1. The molecule has 1 amide bonds. The fraction of sp³-hybridized carbons (Fsp3) is 0.556. The average molecular weight is 505 g/mol. The number of rotatable bonds is 7. The summed E-state index contributed by atoms with van der Waals surface area (Å²) in [4.78, 5) is 24.7. The molecule has 0 N–H and O–H groups in total. The van der Waals surface area contributed by atoms with Crippen LogP contribution in [0, 0.1) is 6.92 Å². The fourth-order valence-corrected chi connectivity index (χ4v) is 5.10. The average Bonchev–Trinajstić information content (AvgIpc) is 2.87. The van der Waals surface area contributed by atoms with Gasteiger partial charge in [0.1, 0.15) is 0 Å². The highest BCUT2D eigenvalue weighted by atomic mass is 19.4. The van der Waals surface area contributed by atoms with E-state index in [-0.39, 0.29) is 11.8 Å². The maximum absolute atomic E-state index is 13.5. The molecule has 196 valence electrons. The van der Waals surface area contributed by atoms with Crippen molar-refractivity contribution in [2.45, 2.75) is 38.4 Å². The number of piperidine rings is 1. The van der Waals surface area contributed by atoms with Crippen LogP contribution >= 0.6 is 0 Å². The quantitative estimate of drug-likeness (QED) is 0.566. The van der Waals surface area contributed by atoms with Gasteiger partial charge in [-0.2, -0.15) is 13.2 Å². The molecule has 1 aromatic carbocycles. The van der Waals surface area contributed by atoms with Gasteiger partial charge in [0.25, 0.3) is 5.91 Å². The highest BCUT2D eigenvalue weighted by Crippen LogP contribution is 2.32. The number of hydrogen-bond donors (Lipinski definition) is 0. The molecule has 0 spiro atoms. The summed E-state index contributed by atoms with van der Waals surface area (Å²) in [6.07, 6.45) is -2.69. The second-order valence-electron chi connectivity index (χ2n) is 9.76. The maximum Gasteiger partial charge on any atom is 0.416 e. The lowest BCUT2D eigenvalue weighted by Crippen LogP contribution is -2.49. The molecule has 0 atom stereocenters. The molecule has 2 aliphatic heterocycles. The molecule has 0 radical (unpaired) electrons. The van der Waals surface area contributed by atoms with E-state index in [2.05, 4.69) is 9.80 Å². The van der Waals surface area contributed by atoms with Crippen LogP contribution in [0.1, 0.15) is 51.6 Å². The number of likely N-dealkylation sites (tertiary alicyclic amines) is 1. The SMILES string of the molecule is COCCN1CCN(C(=O)c2ccc(C)nc2C2CCN(Cc3cccc(C(F)(F)F)c3)CC2)CC1. The lowest BCUT2D eigenvalue weighted by atomic mass is 9.89. The monoisotopic (exact) mass is 504 g/mol. The van der Waals surface area contributed by atoms with Gasteiger partial charge in [0.05, 0.1) is 23.4 Å². The zero-order valence-corrected chi connectivity index (χ0v) is 21.1. The Morgan fingerprint density at radius 3 is 2.42 bits per heavy atom. The van der Waals surface area contributed by atoms with Gasteiger partial charge in [-0.05, 0) is 56.6 Å². The zero-order valence-electron chi connectivity index (χ0n) is 21.1. The van der Waals surface area contributed by atoms with Crippen LogP contribution in [0.4, 0.5) is 13.2 Å². The van der Waals surface area contributed by atoms with Gasteiger partial charge in [-0.3, -0.25) is 19.6 Å². The summed E-state index contributed by atoms with van der Waals surface area (Å²) in [7, 11) is 1.70. The Balaban J connectivity index is 1.38. The molecule has 0 saturated carbocycles. The molecule has 2 fully saturated rings. The number of nitrogens with zero attached hydrogens (tertiary/aromatic N) is 4. The Hall–Kier alpha value is -2.49. The Morgan fingerprint density at radius 2 is 1.75 bits per heavy atom. The number of ether oxygens (including phenoxy) is 1. The summed E-state index contributed by atoms with van der Waals surface area (Å²) < 4.78 is 44.4. The number of methoxy groups -OCH3 is 1. The summed E-state index contributed by atoms with van der Waals surface area (Å²) in [6.45, 7) is 8.52. The molecule has 4 rings (SSSR count). The van der Waals surface area contributed by atoms with E-state index >= 15 is 0 Å². The zero-order chi connectivity index (χ0) is 25.7. The number of piperazine rings is 1. The first kappa shape index (κ1) is 26.6. The second kappa shape index (κ2) is 11.7. The fourth-order valence-electron chi connectivity index (χ4n) is 5.10. The maximum atomic E-state index is 13.5. The van der Waals surface area contributed by atoms with Gasteiger partial charge < -0.3 is 9.64 Å². The minimum Gasteiger partial charge on any atom is -0.383 e. The molecular formula is C27H35F3N4O2. The molecule has 3 heterocycles. The normalized spacial score (nSPS) is 18.5. The van der Waals surface area contributed by atoms with Crippen molar-refractivity contribution in [2.75, 3.05) is 59.5 Å². The summed E-state index contributed by atoms with van der Waals surface area (Å²) in [5.74, 6) is 0.194. The minimum absolute atomic E-state index is 0.0373. The summed E-state index contributed by atoms with van der Waals surface area (Å²) in [5, 5.41) is 0. The minimum atomic E-state index is -4.33. The van der Waals surface area contributed by atoms with Crippen LogP contribution in [-0.2, 0) is 17.5 Å². The third-order valence-corrected chi connectivity index (χ3v) is 7.20. The Labute approximate surface area is 211 Å². The van der Waals surface area contributed by atoms with Crippen molar-refractivity contribution in [1.82, 2.24) is 19.7 Å². The van der Waals surface area contributed by atoms with Crippen molar-refractivity contribution in [1.29, 1.82) is 0 Å². The smallest absolute Gasteiger partial charge is 0.383 e. The topological polar surface area (TPSA) is 48.9 Å². The van der Waals surface area contributed by atoms with E-state index in [9.17, 15) is 18.0 Å². The van der Waals surface area contributed by atoms with Crippen molar-refractivity contribution >= 4 is 5.91 Å². The van der Waals surface area contributed by atoms with E-state index in [0.29, 0.717) is 37.4 Å². The van der Waals surface area contributed by atoms with Gasteiger partial charge in [0.15, 0.2) is 0 Å². The lowest BCUT2D eigenvalue weighted by Gasteiger charge is -2.36. The third-order valence-electron chi connectivity index (χ3n) is 7.20. The van der Waals surface area contributed by atoms with Crippen molar-refractivity contribution in [3.8, 4) is 0 Å². The van der Waals surface area contributed by atoms with E-state index in [4.69, 9.17) is 9.72 Å². The molecule has 0 unspecified atom stereocenters. The molecule has 1 aromatic heterocycles. The first-order valence-corrected chi connectivity index (χ1v) is 12.6. The number of carbonyl (C=O) groups excluding carboxylic acids is 1. The summed E-state index contributed by atoms with van der Waals surface area (Å²) in [6, 6.07) is 9.36. The second-order valence-corrected chi connectivity index (χ2v) is 9.76. The van der Waals surface area contributed by atoms with Crippen LogP contribution in [0.5, 0.6) is 0 Å². The van der Waals surface area contributed by atoms with Crippen LogP contribution in [0.3, 0.4) is 0 Å². The Morgan fingerprint density at radius 1 is 1.03 bits per heavy atom. The number of alkyl halides is 3. The first-order chi connectivity index (χ1) is 17.2. The Bertz CT molecular complexity index is 1030. The summed E-state index contributed by atoms with van der Waals surface area (Å²) >= 11 is 0. The van der Waals surface area contributed by atoms with Crippen molar-refractivity contribution in [3.63, 3.8) is 0 Å². The first-order valence-electron chi connectivity index (χ1n) is 12.6. The van der Waals surface area contributed by atoms with Gasteiger partial charge >= 0.3 is 6.18 Å². The lowest BCUT2D eigenvalue weighted by molar-refractivity contribution is -0.137. The molecule has 0 aliphatic carbocycles. The van der Waals surface area contributed by atoms with Gasteiger partial charge in [0, 0.05) is 58.0 Å².